The third-order valence-electron chi connectivity index (χ3n) is 5.30. The van der Waals surface area contributed by atoms with Crippen LogP contribution in [0.1, 0.15) is 25.8 Å². The third kappa shape index (κ3) is 5.69. The highest BCUT2D eigenvalue weighted by molar-refractivity contribution is 9.10. The van der Waals surface area contributed by atoms with Gasteiger partial charge in [0.1, 0.15) is 17.8 Å². The maximum absolute atomic E-state index is 13.9. The maximum Gasteiger partial charge on any atom is 0.368 e. The molecule has 0 atom stereocenters. The lowest BCUT2D eigenvalue weighted by Gasteiger charge is -2.29. The van der Waals surface area contributed by atoms with Crippen molar-refractivity contribution in [2.24, 2.45) is 0 Å². The van der Waals surface area contributed by atoms with Gasteiger partial charge in [0.05, 0.1) is 31.5 Å². The van der Waals surface area contributed by atoms with Crippen molar-refractivity contribution in [1.29, 1.82) is 0 Å². The highest BCUT2D eigenvalue weighted by Crippen LogP contribution is 2.40. The summed E-state index contributed by atoms with van der Waals surface area (Å²) in [6.07, 6.45) is 3.25. The standard InChI is InChI=1S/C24H25BrClN3O6S/c1-5-17(6-2)29(21-14-20(26)19(25)13-22(21)34-4)24(30)36(31,32)28(23-11-12-35-27-23)15-16-7-9-18(33-3)10-8-16/h5,7-14H,6,15H2,1-4H3/b17-5+. The number of benzene rings is 2. The van der Waals surface area contributed by atoms with Crippen molar-refractivity contribution in [2.45, 2.75) is 26.8 Å². The molecule has 9 nitrogen and oxygen atoms in total. The molecule has 36 heavy (non-hydrogen) atoms. The first-order chi connectivity index (χ1) is 17.2. The Balaban J connectivity index is 2.14. The summed E-state index contributed by atoms with van der Waals surface area (Å²) >= 11 is 9.65. The number of carbonyl (C=O) groups excluding carboxylic acids is 1. The fourth-order valence-electron chi connectivity index (χ4n) is 3.45. The smallest absolute Gasteiger partial charge is 0.368 e. The molecule has 0 aliphatic rings. The molecule has 3 aromatic rings. The molecule has 0 bridgehead atoms. The number of amides is 1. The first kappa shape index (κ1) is 27.6. The molecule has 0 aliphatic heterocycles. The average Bonchev–Trinajstić information content (AvgIpc) is 3.41. The zero-order valence-corrected chi connectivity index (χ0v) is 23.2. The summed E-state index contributed by atoms with van der Waals surface area (Å²) in [6, 6.07) is 11.2. The van der Waals surface area contributed by atoms with Crippen molar-refractivity contribution in [2.75, 3.05) is 23.4 Å². The fourth-order valence-corrected chi connectivity index (χ4v) is 5.22. The topological polar surface area (TPSA) is 102 Å². The van der Waals surface area contributed by atoms with Crippen molar-refractivity contribution in [3.8, 4) is 11.5 Å². The number of allylic oxidation sites excluding steroid dienone is 2. The molecule has 0 saturated carbocycles. The van der Waals surface area contributed by atoms with Crippen LogP contribution in [0.25, 0.3) is 0 Å². The van der Waals surface area contributed by atoms with E-state index < -0.39 is 15.3 Å². The highest BCUT2D eigenvalue weighted by atomic mass is 79.9. The Bertz CT molecular complexity index is 1340. The summed E-state index contributed by atoms with van der Waals surface area (Å²) in [4.78, 5) is 15.0. The molecule has 1 heterocycles. The number of nitrogens with zero attached hydrogens (tertiary/aromatic N) is 3. The van der Waals surface area contributed by atoms with Crippen molar-refractivity contribution >= 4 is 54.3 Å². The van der Waals surface area contributed by atoms with E-state index in [2.05, 4.69) is 21.1 Å². The SMILES string of the molecule is C/C=C(\CC)N(C(=O)S(=O)(=O)N(Cc1ccc(OC)cc1)c1ccon1)c1cc(Cl)c(Br)cc1OC. The van der Waals surface area contributed by atoms with Gasteiger partial charge in [-0.2, -0.15) is 8.42 Å². The number of methoxy groups -OCH3 is 2. The first-order valence-electron chi connectivity index (χ1n) is 10.8. The Labute approximate surface area is 223 Å². The van der Waals surface area contributed by atoms with Gasteiger partial charge in [0, 0.05) is 16.2 Å². The van der Waals surface area contributed by atoms with Gasteiger partial charge in [0.25, 0.3) is 0 Å². The molecule has 1 aromatic heterocycles. The summed E-state index contributed by atoms with van der Waals surface area (Å²) in [7, 11) is -1.73. The van der Waals surface area contributed by atoms with E-state index in [0.29, 0.717) is 27.9 Å². The molecule has 2 aromatic carbocycles. The first-order valence-corrected chi connectivity index (χ1v) is 13.4. The van der Waals surface area contributed by atoms with Gasteiger partial charge in [0.2, 0.25) is 0 Å². The van der Waals surface area contributed by atoms with E-state index in [9.17, 15) is 13.2 Å². The van der Waals surface area contributed by atoms with Gasteiger partial charge in [0.15, 0.2) is 5.82 Å². The van der Waals surface area contributed by atoms with Gasteiger partial charge < -0.3 is 14.0 Å². The Morgan fingerprint density at radius 1 is 1.17 bits per heavy atom. The Morgan fingerprint density at radius 2 is 1.86 bits per heavy atom. The van der Waals surface area contributed by atoms with E-state index in [-0.39, 0.29) is 28.8 Å². The molecule has 0 spiro atoms. The van der Waals surface area contributed by atoms with Gasteiger partial charge in [-0.15, -0.1) is 0 Å². The van der Waals surface area contributed by atoms with Crippen LogP contribution in [0.4, 0.5) is 16.3 Å². The van der Waals surface area contributed by atoms with Crippen molar-refractivity contribution < 1.29 is 27.2 Å². The summed E-state index contributed by atoms with van der Waals surface area (Å²) in [5.41, 5.74) is 1.22. The molecule has 0 fully saturated rings. The molecule has 1 amide bonds. The minimum atomic E-state index is -4.68. The monoisotopic (exact) mass is 597 g/mol. The zero-order chi connectivity index (χ0) is 26.5. The van der Waals surface area contributed by atoms with Crippen LogP contribution in [0.2, 0.25) is 5.02 Å². The van der Waals surface area contributed by atoms with Gasteiger partial charge in [-0.25, -0.2) is 4.31 Å². The lowest BCUT2D eigenvalue weighted by Crippen LogP contribution is -2.44. The molecule has 0 radical (unpaired) electrons. The number of carbonyl (C=O) groups is 1. The van der Waals surface area contributed by atoms with Crippen molar-refractivity contribution in [3.05, 3.63) is 75.6 Å². The lowest BCUT2D eigenvalue weighted by molar-refractivity contribution is 0.263. The summed E-state index contributed by atoms with van der Waals surface area (Å²) in [5.74, 6) is 0.820. The van der Waals surface area contributed by atoms with Gasteiger partial charge in [-0.1, -0.05) is 41.9 Å². The molecule has 192 valence electrons. The average molecular weight is 599 g/mol. The van der Waals surface area contributed by atoms with Crippen LogP contribution < -0.4 is 18.7 Å². The second-order valence-corrected chi connectivity index (χ2v) is 10.4. The number of anilines is 2. The number of rotatable bonds is 9. The number of hydrogen-bond donors (Lipinski definition) is 0. The van der Waals surface area contributed by atoms with E-state index in [4.69, 9.17) is 25.6 Å². The number of sulfonamides is 1. The minimum absolute atomic E-state index is 0.0431. The van der Waals surface area contributed by atoms with Crippen LogP contribution >= 0.6 is 27.5 Å². The Kier molecular flexibility index (Phi) is 9.04. The summed E-state index contributed by atoms with van der Waals surface area (Å²) in [5, 5.41) is 2.86. The normalized spacial score (nSPS) is 11.8. The quantitative estimate of drug-likeness (QED) is 0.281. The van der Waals surface area contributed by atoms with Crippen LogP contribution in [0.15, 0.2) is 69.5 Å². The van der Waals surface area contributed by atoms with Gasteiger partial charge in [-0.3, -0.25) is 9.69 Å². The Morgan fingerprint density at radius 3 is 2.39 bits per heavy atom. The maximum atomic E-state index is 13.9. The van der Waals surface area contributed by atoms with E-state index in [0.717, 1.165) is 9.21 Å². The fraction of sp³-hybridized carbons (Fsp3) is 0.250. The van der Waals surface area contributed by atoms with Gasteiger partial charge >= 0.3 is 15.3 Å². The van der Waals surface area contributed by atoms with Gasteiger partial charge in [-0.05, 0) is 59.1 Å². The molecule has 0 aliphatic carbocycles. The lowest BCUT2D eigenvalue weighted by atomic mass is 10.2. The molecular weight excluding hydrogens is 574 g/mol. The molecule has 0 unspecified atom stereocenters. The van der Waals surface area contributed by atoms with E-state index in [1.807, 2.05) is 6.92 Å². The predicted molar refractivity (Wildman–Crippen MR) is 142 cm³/mol. The van der Waals surface area contributed by atoms with Crippen molar-refractivity contribution in [3.63, 3.8) is 0 Å². The van der Waals surface area contributed by atoms with E-state index in [1.165, 1.54) is 32.6 Å². The van der Waals surface area contributed by atoms with E-state index in [1.54, 1.807) is 43.3 Å². The third-order valence-corrected chi connectivity index (χ3v) is 8.02. The van der Waals surface area contributed by atoms with E-state index >= 15 is 0 Å². The molecular formula is C24H25BrClN3O6S. The summed E-state index contributed by atoms with van der Waals surface area (Å²) in [6.45, 7) is 3.35. The molecule has 0 N–H and O–H groups in total. The predicted octanol–water partition coefficient (Wildman–Crippen LogP) is 6.38. The Hall–Kier alpha value is -3.02. The highest BCUT2D eigenvalue weighted by Gasteiger charge is 2.39. The molecule has 3 rings (SSSR count). The molecule has 0 saturated heterocycles. The number of aromatic nitrogens is 1. The largest absolute Gasteiger partial charge is 0.497 e. The number of hydrogen-bond acceptors (Lipinski definition) is 7. The summed E-state index contributed by atoms with van der Waals surface area (Å²) < 4.78 is 44.7. The van der Waals surface area contributed by atoms with Crippen LogP contribution in [0, 0.1) is 0 Å². The zero-order valence-electron chi connectivity index (χ0n) is 20.1. The van der Waals surface area contributed by atoms with Crippen LogP contribution in [0.5, 0.6) is 11.5 Å². The minimum Gasteiger partial charge on any atom is -0.497 e. The number of halogens is 2. The molecule has 12 heteroatoms. The second-order valence-electron chi connectivity index (χ2n) is 7.39. The van der Waals surface area contributed by atoms with Crippen LogP contribution in [-0.2, 0) is 16.6 Å². The number of ether oxygens (including phenoxy) is 2. The second kappa shape index (κ2) is 11.8. The van der Waals surface area contributed by atoms with Crippen LogP contribution in [-0.4, -0.2) is 33.0 Å². The van der Waals surface area contributed by atoms with Crippen molar-refractivity contribution in [1.82, 2.24) is 5.16 Å². The van der Waals surface area contributed by atoms with Crippen LogP contribution in [0.3, 0.4) is 0 Å².